The van der Waals surface area contributed by atoms with Crippen LogP contribution in [0.2, 0.25) is 0 Å². The minimum atomic E-state index is -2.92. The van der Waals surface area contributed by atoms with Crippen LogP contribution < -0.4 is 33.9 Å². The third-order valence-electron chi connectivity index (χ3n) is 21.2. The molecule has 0 radical (unpaired) electrons. The highest BCUT2D eigenvalue weighted by atomic mass is 19.0. The van der Waals surface area contributed by atoms with Gasteiger partial charge in [-0.25, -0.2) is 0 Å². The molecule has 0 amide bonds. The Morgan fingerprint density at radius 3 is 0.225 bits per heavy atom. The summed E-state index contributed by atoms with van der Waals surface area (Å²) in [5.74, 6) is 0. The zero-order chi connectivity index (χ0) is 46.7. The van der Waals surface area contributed by atoms with Crippen molar-refractivity contribution >= 4 is 7.32 Å². The van der Waals surface area contributed by atoms with E-state index in [0.717, 1.165) is 0 Å². The lowest BCUT2D eigenvalue weighted by atomic mass is 10.3. The number of nitrogens with zero attached hydrogens (tertiary/aromatic N) is 7. The molecule has 0 atom stereocenters. The Hall–Kier alpha value is -0.615. The summed E-state index contributed by atoms with van der Waals surface area (Å²) in [6.07, 6.45) is 42.0. The molecule has 420 valence electrons. The zero-order valence-electron chi connectivity index (χ0n) is 46.0. The summed E-state index contributed by atoms with van der Waals surface area (Å²) in [5.41, 5.74) is 0. The number of hydrogen-bond donors (Lipinski definition) is 0. The van der Waals surface area contributed by atoms with E-state index in [4.69, 9.17) is 15.1 Å². The van der Waals surface area contributed by atoms with Crippen molar-refractivity contribution in [1.29, 1.82) is 0 Å². The number of hydrogen-bond acceptors (Lipinski definition) is 3. The van der Waals surface area contributed by atoms with E-state index >= 15 is 0 Å². The van der Waals surface area contributed by atoms with Gasteiger partial charge in [-0.05, 0) is 0 Å². The van der Waals surface area contributed by atoms with Gasteiger partial charge in [0.1, 0.15) is 0 Å². The van der Waals surface area contributed by atoms with Gasteiger partial charge in [0.25, 0.3) is 0 Å². The smallest absolute Gasteiger partial charge is 0.0788 e. The molecule has 0 aromatic carbocycles. The second-order valence-electron chi connectivity index (χ2n) is 25.8. The van der Waals surface area contributed by atoms with Crippen LogP contribution in [0.25, 0.3) is 0 Å². The van der Waals surface area contributed by atoms with Crippen molar-refractivity contribution in [2.75, 3.05) is 183 Å². The fourth-order valence-corrected chi connectivity index (χ4v) is 17.2. The first kappa shape index (κ1) is 64.7. The topological polar surface area (TPSA) is 69.2 Å². The molecule has 14 rings (SSSR count). The van der Waals surface area contributed by atoms with E-state index in [9.17, 15) is 0 Å². The third kappa shape index (κ3) is 20.0. The molecule has 14 heterocycles. The van der Waals surface area contributed by atoms with Gasteiger partial charge >= 0.3 is 0 Å². The van der Waals surface area contributed by atoms with Gasteiger partial charge in [-0.1, -0.05) is 0 Å². The third-order valence-corrected chi connectivity index (χ3v) is 21.2. The van der Waals surface area contributed by atoms with Crippen LogP contribution in [0.5, 0.6) is 0 Å². The van der Waals surface area contributed by atoms with Crippen LogP contribution in [-0.4, -0.2) is 222 Å². The molecule has 0 aromatic heterocycles. The predicted molar refractivity (Wildman–Crippen MR) is 273 cm³/mol. The molecule has 0 saturated carbocycles. The average Bonchev–Trinajstić information content (AvgIpc) is 4.19. The Morgan fingerprint density at radius 1 is 0.141 bits per heavy atom. The first-order chi connectivity index (χ1) is 32.6. The van der Waals surface area contributed by atoms with Crippen molar-refractivity contribution in [3.63, 3.8) is 0 Å². The molecule has 14 fully saturated rings. The van der Waals surface area contributed by atoms with E-state index in [-0.39, 0.29) is 18.8 Å². The maximum atomic E-state index is 8.42. The normalized spacial score (nSPS) is 28.8. The van der Waals surface area contributed by atoms with E-state index in [1.54, 1.807) is 0 Å². The minimum absolute atomic E-state index is 0. The highest BCUT2D eigenvalue weighted by molar-refractivity contribution is 6.24. The van der Waals surface area contributed by atoms with Gasteiger partial charge in [-0.2, -0.15) is 0 Å². The maximum Gasteiger partial charge on any atom is 0.0788 e. The van der Waals surface area contributed by atoms with Crippen LogP contribution in [-0.2, 0) is 0 Å². The van der Waals surface area contributed by atoms with Crippen molar-refractivity contribution < 1.29 is 65.3 Å². The summed E-state index contributed by atoms with van der Waals surface area (Å²) < 4.78 is 10.5. The summed E-state index contributed by atoms with van der Waals surface area (Å²) >= 11 is 0. The summed E-state index contributed by atoms with van der Waals surface area (Å²) in [7, 11) is -2.92. The molecular weight excluding hydrogens is 905 g/mol. The lowest BCUT2D eigenvalue weighted by Crippen LogP contribution is -3.00. The van der Waals surface area contributed by atoms with Crippen LogP contribution in [0.3, 0.4) is 0 Å². The number of halogens is 4. The Kier molecular flexibility index (Phi) is 29.3. The lowest BCUT2D eigenvalue weighted by Gasteiger charge is -2.35. The van der Waals surface area contributed by atoms with E-state index in [2.05, 4.69) is 0 Å². The van der Waals surface area contributed by atoms with Gasteiger partial charge in [0.15, 0.2) is 0 Å². The molecule has 0 aromatic rings. The van der Waals surface area contributed by atoms with E-state index in [1.807, 2.05) is 0 Å². The monoisotopic (exact) mass is 1020 g/mol. The highest BCUT2D eigenvalue weighted by Crippen LogP contribution is 2.31. The van der Waals surface area contributed by atoms with E-state index in [1.165, 1.54) is 394 Å². The maximum absolute atomic E-state index is 8.42. The van der Waals surface area contributed by atoms with Crippen LogP contribution >= 0.6 is 0 Å². The quantitative estimate of drug-likeness (QED) is 0.138. The molecular formula is C56H112BF4N7O3. The SMILES string of the molecule is C1CC[N+]2(C1)CCCC2.C1CC[N+]2(C1)CCCC2.C1CC[N+]2(C1)CCCC2.C1CC[N+]2(C1)CCCC2.C1CC[N+]2(C1)CCCC2.C1CC[N+]2(C1)CCCC2.C1CC[N+]2(C1)CCCC2.[F-].[F-].[F-].[F-].[O-]B([O-])[O-]. The molecule has 10 nitrogen and oxygen atoms in total. The van der Waals surface area contributed by atoms with Gasteiger partial charge in [0.2, 0.25) is 0 Å². The van der Waals surface area contributed by atoms with Crippen molar-refractivity contribution in [2.24, 2.45) is 0 Å². The Morgan fingerprint density at radius 2 is 0.183 bits per heavy atom. The molecule has 14 aliphatic rings. The molecule has 0 bridgehead atoms. The van der Waals surface area contributed by atoms with Gasteiger partial charge < -0.3 is 65.3 Å². The largest absolute Gasteiger partial charge is 1.00 e. The van der Waals surface area contributed by atoms with E-state index in [0.29, 0.717) is 0 Å². The molecule has 0 aliphatic carbocycles. The average molecular weight is 1020 g/mol. The van der Waals surface area contributed by atoms with Crippen LogP contribution in [0.1, 0.15) is 180 Å². The molecule has 71 heavy (non-hydrogen) atoms. The summed E-state index contributed by atoms with van der Waals surface area (Å²) in [4.78, 5) is 0. The predicted octanol–water partition coefficient (Wildman–Crippen LogP) is -6.20. The lowest BCUT2D eigenvalue weighted by molar-refractivity contribution is -0.904. The first-order valence-corrected chi connectivity index (χ1v) is 30.6. The highest BCUT2D eigenvalue weighted by Gasteiger charge is 2.39. The molecule has 7 spiro atoms. The fourth-order valence-electron chi connectivity index (χ4n) is 17.2. The van der Waals surface area contributed by atoms with Crippen molar-refractivity contribution in [3.05, 3.63) is 0 Å². The van der Waals surface area contributed by atoms with Crippen molar-refractivity contribution in [1.82, 2.24) is 0 Å². The second kappa shape index (κ2) is 32.2. The van der Waals surface area contributed by atoms with Crippen LogP contribution in [0, 0.1) is 0 Å². The molecule has 14 saturated heterocycles. The summed E-state index contributed by atoms with van der Waals surface area (Å²) in [6, 6.07) is 0. The van der Waals surface area contributed by atoms with Crippen molar-refractivity contribution in [3.8, 4) is 0 Å². The van der Waals surface area contributed by atoms with Crippen LogP contribution in [0.4, 0.5) is 0 Å². The summed E-state index contributed by atoms with van der Waals surface area (Å²) in [6.45, 7) is 42.0. The first-order valence-electron chi connectivity index (χ1n) is 30.6. The van der Waals surface area contributed by atoms with Crippen molar-refractivity contribution in [2.45, 2.75) is 180 Å². The Labute approximate surface area is 434 Å². The Balaban J connectivity index is 0.000000214. The van der Waals surface area contributed by atoms with Crippen LogP contribution in [0.15, 0.2) is 0 Å². The molecule has 0 unspecified atom stereocenters. The summed E-state index contributed by atoms with van der Waals surface area (Å²) in [5, 5.41) is 25.2. The fraction of sp³-hybridized carbons (Fsp3) is 1.00. The van der Waals surface area contributed by atoms with Gasteiger partial charge in [0.05, 0.1) is 183 Å². The van der Waals surface area contributed by atoms with Gasteiger partial charge in [0, 0.05) is 180 Å². The minimum Gasteiger partial charge on any atom is -1.00 e. The second-order valence-corrected chi connectivity index (χ2v) is 25.8. The number of quaternary nitrogens is 7. The van der Waals surface area contributed by atoms with E-state index < -0.39 is 7.32 Å². The van der Waals surface area contributed by atoms with Gasteiger partial charge in [-0.15, -0.1) is 0 Å². The molecule has 14 aliphatic heterocycles. The molecule has 0 N–H and O–H groups in total. The standard InChI is InChI=1S/7C8H16N.BO3.4FH/c7*1-2-6-9(5-1)7-3-4-8-9;2-1(3)4;;;;/h7*1-8H2;;4*1H/q7*+1;-3;;;;/p-4. The zero-order valence-corrected chi connectivity index (χ0v) is 46.0. The number of rotatable bonds is 0. The van der Waals surface area contributed by atoms with Gasteiger partial charge in [-0.3, -0.25) is 7.32 Å². The Bertz CT molecular complexity index is 924. The molecule has 15 heteroatoms.